The minimum atomic E-state index is 0.129. The molecule has 3 fully saturated rings. The highest BCUT2D eigenvalue weighted by Crippen LogP contribution is 2.61. The molecule has 0 radical (unpaired) electrons. The normalized spacial score (nSPS) is 56.1. The fourth-order valence-corrected chi connectivity index (χ4v) is 4.05. The molecule has 3 aliphatic rings. The van der Waals surface area contributed by atoms with Crippen molar-refractivity contribution >= 4 is 15.9 Å². The molecule has 14 heavy (non-hydrogen) atoms. The summed E-state index contributed by atoms with van der Waals surface area (Å²) < 4.78 is 6.43. The van der Waals surface area contributed by atoms with Crippen molar-refractivity contribution in [1.29, 1.82) is 0 Å². The summed E-state index contributed by atoms with van der Waals surface area (Å²) in [6.07, 6.45) is 8.23. The van der Waals surface area contributed by atoms with E-state index in [1.165, 1.54) is 38.5 Å². The third kappa shape index (κ3) is 1.30. The van der Waals surface area contributed by atoms with E-state index in [0.717, 1.165) is 17.2 Å². The van der Waals surface area contributed by atoms with E-state index in [4.69, 9.17) is 4.74 Å². The first kappa shape index (κ1) is 9.65. The minimum Gasteiger partial charge on any atom is -0.368 e. The third-order valence-corrected chi connectivity index (χ3v) is 5.77. The molecule has 2 saturated carbocycles. The van der Waals surface area contributed by atoms with E-state index in [2.05, 4.69) is 22.9 Å². The van der Waals surface area contributed by atoms with Gasteiger partial charge in [-0.1, -0.05) is 22.4 Å². The van der Waals surface area contributed by atoms with Gasteiger partial charge in [-0.3, -0.25) is 0 Å². The average Bonchev–Trinajstić information content (AvgIpc) is 2.90. The summed E-state index contributed by atoms with van der Waals surface area (Å²) in [5.74, 6) is 1.96. The van der Waals surface area contributed by atoms with Crippen LogP contribution >= 0.6 is 15.9 Å². The van der Waals surface area contributed by atoms with Crippen LogP contribution in [0.1, 0.15) is 45.4 Å². The van der Waals surface area contributed by atoms with Crippen LogP contribution in [-0.2, 0) is 4.74 Å². The van der Waals surface area contributed by atoms with Crippen LogP contribution in [0.15, 0.2) is 0 Å². The molecule has 2 aliphatic carbocycles. The lowest BCUT2D eigenvalue weighted by molar-refractivity contribution is -0.109. The molecule has 0 aromatic carbocycles. The summed E-state index contributed by atoms with van der Waals surface area (Å²) in [5.41, 5.74) is 0.440. The Bertz CT molecular complexity index is 255. The van der Waals surface area contributed by atoms with Gasteiger partial charge in [0.05, 0.1) is 11.2 Å². The number of ether oxygens (including phenoxy) is 1. The van der Waals surface area contributed by atoms with Gasteiger partial charge >= 0.3 is 0 Å². The van der Waals surface area contributed by atoms with Crippen molar-refractivity contribution in [3.8, 4) is 0 Å². The Morgan fingerprint density at radius 2 is 2.21 bits per heavy atom. The predicted molar refractivity (Wildman–Crippen MR) is 60.7 cm³/mol. The summed E-state index contributed by atoms with van der Waals surface area (Å²) in [5, 5.41) is 0.999. The molecule has 0 amide bonds. The maximum absolute atomic E-state index is 6.43. The highest BCUT2D eigenvalue weighted by atomic mass is 79.9. The quantitative estimate of drug-likeness (QED) is 0.655. The SMILES string of the molecule is CC1(CBr)CCC2(CCCC3CC32)O1. The van der Waals surface area contributed by atoms with E-state index < -0.39 is 0 Å². The van der Waals surface area contributed by atoms with Crippen LogP contribution in [0.25, 0.3) is 0 Å². The van der Waals surface area contributed by atoms with E-state index in [1.54, 1.807) is 0 Å². The number of hydrogen-bond donors (Lipinski definition) is 0. The summed E-state index contributed by atoms with van der Waals surface area (Å²) in [7, 11) is 0. The van der Waals surface area contributed by atoms with Crippen LogP contribution in [0, 0.1) is 11.8 Å². The van der Waals surface area contributed by atoms with Crippen LogP contribution in [0.2, 0.25) is 0 Å². The lowest BCUT2D eigenvalue weighted by Crippen LogP contribution is -2.38. The Balaban J connectivity index is 1.79. The lowest BCUT2D eigenvalue weighted by atomic mass is 9.82. The van der Waals surface area contributed by atoms with Crippen molar-refractivity contribution in [2.75, 3.05) is 5.33 Å². The molecule has 0 bridgehead atoms. The van der Waals surface area contributed by atoms with Crippen molar-refractivity contribution in [2.24, 2.45) is 11.8 Å². The van der Waals surface area contributed by atoms with E-state index in [-0.39, 0.29) is 5.60 Å². The monoisotopic (exact) mass is 258 g/mol. The zero-order chi connectivity index (χ0) is 9.81. The summed E-state index contributed by atoms with van der Waals surface area (Å²) in [4.78, 5) is 0. The fourth-order valence-electron chi connectivity index (χ4n) is 3.66. The Morgan fingerprint density at radius 1 is 1.36 bits per heavy atom. The van der Waals surface area contributed by atoms with Gasteiger partial charge in [0, 0.05) is 5.33 Å². The van der Waals surface area contributed by atoms with Gasteiger partial charge in [0.1, 0.15) is 0 Å². The maximum Gasteiger partial charge on any atom is 0.0759 e. The Labute approximate surface area is 94.7 Å². The average molecular weight is 259 g/mol. The minimum absolute atomic E-state index is 0.129. The van der Waals surface area contributed by atoms with Crippen LogP contribution < -0.4 is 0 Å². The maximum atomic E-state index is 6.43. The second-order valence-corrected chi connectivity index (χ2v) is 6.31. The van der Waals surface area contributed by atoms with E-state index in [1.807, 2.05) is 0 Å². The zero-order valence-electron chi connectivity index (χ0n) is 8.89. The molecular formula is C12H19BrO. The van der Waals surface area contributed by atoms with Crippen molar-refractivity contribution in [1.82, 2.24) is 0 Å². The highest BCUT2D eigenvalue weighted by Gasteiger charge is 2.60. The molecule has 0 aromatic heterocycles. The van der Waals surface area contributed by atoms with E-state index >= 15 is 0 Å². The standard InChI is InChI=1S/C12H19BrO/c1-11(8-13)5-6-12(14-11)4-2-3-9-7-10(9)12/h9-10H,2-8H2,1H3. The molecule has 4 unspecified atom stereocenters. The Morgan fingerprint density at radius 3 is 2.93 bits per heavy atom. The van der Waals surface area contributed by atoms with Gasteiger partial charge in [0.15, 0.2) is 0 Å². The van der Waals surface area contributed by atoms with Gasteiger partial charge in [-0.2, -0.15) is 0 Å². The van der Waals surface area contributed by atoms with Crippen LogP contribution in [0.3, 0.4) is 0 Å². The largest absolute Gasteiger partial charge is 0.368 e. The Hall–Kier alpha value is 0.440. The number of hydrogen-bond acceptors (Lipinski definition) is 1. The van der Waals surface area contributed by atoms with E-state index in [0.29, 0.717) is 5.60 Å². The second-order valence-electron chi connectivity index (χ2n) is 5.74. The summed E-state index contributed by atoms with van der Waals surface area (Å²) >= 11 is 3.59. The molecule has 1 nitrogen and oxygen atoms in total. The molecule has 4 atom stereocenters. The Kier molecular flexibility index (Phi) is 2.05. The molecule has 1 spiro atoms. The van der Waals surface area contributed by atoms with Gasteiger partial charge in [0.2, 0.25) is 0 Å². The van der Waals surface area contributed by atoms with E-state index in [9.17, 15) is 0 Å². The number of rotatable bonds is 1. The van der Waals surface area contributed by atoms with Gasteiger partial charge in [-0.25, -0.2) is 0 Å². The number of fused-ring (bicyclic) bond motifs is 2. The van der Waals surface area contributed by atoms with Gasteiger partial charge in [-0.05, 0) is 50.9 Å². The molecule has 80 valence electrons. The topological polar surface area (TPSA) is 9.23 Å². The second kappa shape index (κ2) is 2.98. The molecular weight excluding hydrogens is 240 g/mol. The summed E-state index contributed by atoms with van der Waals surface area (Å²) in [6, 6.07) is 0. The van der Waals surface area contributed by atoms with Crippen LogP contribution in [-0.4, -0.2) is 16.5 Å². The predicted octanol–water partition coefficient (Wildman–Crippen LogP) is 3.51. The first-order valence-corrected chi connectivity index (χ1v) is 7.06. The first-order chi connectivity index (χ1) is 6.68. The third-order valence-electron chi connectivity index (χ3n) is 4.58. The van der Waals surface area contributed by atoms with Crippen molar-refractivity contribution in [3.63, 3.8) is 0 Å². The molecule has 0 aromatic rings. The molecule has 1 saturated heterocycles. The van der Waals surface area contributed by atoms with Crippen molar-refractivity contribution in [3.05, 3.63) is 0 Å². The number of halogens is 1. The molecule has 1 aliphatic heterocycles. The lowest BCUT2D eigenvalue weighted by Gasteiger charge is -2.36. The van der Waals surface area contributed by atoms with Crippen molar-refractivity contribution < 1.29 is 4.74 Å². The molecule has 0 N–H and O–H groups in total. The smallest absolute Gasteiger partial charge is 0.0759 e. The zero-order valence-corrected chi connectivity index (χ0v) is 10.5. The fraction of sp³-hybridized carbons (Fsp3) is 1.00. The van der Waals surface area contributed by atoms with Crippen molar-refractivity contribution in [2.45, 2.75) is 56.7 Å². The van der Waals surface area contributed by atoms with Crippen LogP contribution in [0.5, 0.6) is 0 Å². The first-order valence-electron chi connectivity index (χ1n) is 5.94. The van der Waals surface area contributed by atoms with Gasteiger partial charge < -0.3 is 4.74 Å². The molecule has 3 rings (SSSR count). The van der Waals surface area contributed by atoms with Gasteiger partial charge in [0.25, 0.3) is 0 Å². The summed E-state index contributed by atoms with van der Waals surface area (Å²) in [6.45, 7) is 2.27. The van der Waals surface area contributed by atoms with Crippen LogP contribution in [0.4, 0.5) is 0 Å². The highest BCUT2D eigenvalue weighted by molar-refractivity contribution is 9.09. The number of alkyl halides is 1. The molecule has 2 heteroatoms. The van der Waals surface area contributed by atoms with Gasteiger partial charge in [-0.15, -0.1) is 0 Å². The molecule has 1 heterocycles.